The van der Waals surface area contributed by atoms with E-state index in [4.69, 9.17) is 0 Å². The second-order valence-corrected chi connectivity index (χ2v) is 8.24. The molecule has 3 heterocycles. The van der Waals surface area contributed by atoms with Gasteiger partial charge in [-0.2, -0.15) is 0 Å². The predicted molar refractivity (Wildman–Crippen MR) is 105 cm³/mol. The van der Waals surface area contributed by atoms with Crippen molar-refractivity contribution >= 4 is 5.91 Å². The van der Waals surface area contributed by atoms with Crippen molar-refractivity contribution in [3.05, 3.63) is 53.6 Å². The maximum Gasteiger partial charge on any atom is 0.237 e. The van der Waals surface area contributed by atoms with Gasteiger partial charge in [-0.05, 0) is 38.1 Å². The van der Waals surface area contributed by atoms with E-state index in [0.717, 1.165) is 32.0 Å². The first-order chi connectivity index (χ1) is 13.0. The van der Waals surface area contributed by atoms with Gasteiger partial charge in [0, 0.05) is 37.9 Å². The van der Waals surface area contributed by atoms with Crippen LogP contribution in [-0.4, -0.2) is 70.8 Å². The molecule has 3 atom stereocenters. The monoisotopic (exact) mass is 367 g/mol. The van der Waals surface area contributed by atoms with Crippen molar-refractivity contribution in [2.75, 3.05) is 40.3 Å². The van der Waals surface area contributed by atoms with Gasteiger partial charge in [0.25, 0.3) is 0 Å². The Morgan fingerprint density at radius 1 is 1.26 bits per heavy atom. The molecule has 2 aliphatic rings. The summed E-state index contributed by atoms with van der Waals surface area (Å²) in [4.78, 5) is 27.1. The summed E-state index contributed by atoms with van der Waals surface area (Å²) in [6.07, 6.45) is 3.69. The molecule has 27 heavy (non-hydrogen) atoms. The van der Waals surface area contributed by atoms with Crippen LogP contribution < -0.4 is 0 Å². The number of benzene rings is 1. The van der Waals surface area contributed by atoms with Gasteiger partial charge in [-0.1, -0.05) is 24.3 Å². The average Bonchev–Trinajstić information content (AvgIpc) is 3.31. The van der Waals surface area contributed by atoms with Gasteiger partial charge in [0.05, 0.1) is 19.1 Å². The second-order valence-electron chi connectivity index (χ2n) is 8.24. The van der Waals surface area contributed by atoms with Gasteiger partial charge in [0.15, 0.2) is 0 Å². The zero-order chi connectivity index (χ0) is 19.0. The van der Waals surface area contributed by atoms with E-state index in [2.05, 4.69) is 51.0 Å². The number of aromatic amines is 1. The van der Waals surface area contributed by atoms with E-state index in [-0.39, 0.29) is 11.9 Å². The molecule has 0 saturated carbocycles. The third-order valence-corrected chi connectivity index (χ3v) is 5.95. The Hall–Kier alpha value is -2.18. The first kappa shape index (κ1) is 18.2. The van der Waals surface area contributed by atoms with Gasteiger partial charge >= 0.3 is 0 Å². The van der Waals surface area contributed by atoms with Crippen molar-refractivity contribution in [2.24, 2.45) is 11.8 Å². The number of hydrogen-bond donors (Lipinski definition) is 1. The Kier molecular flexibility index (Phi) is 5.02. The quantitative estimate of drug-likeness (QED) is 0.877. The summed E-state index contributed by atoms with van der Waals surface area (Å²) in [5.74, 6) is 2.26. The Balaban J connectivity index is 1.58. The molecule has 2 saturated heterocycles. The Morgan fingerprint density at radius 2 is 2.07 bits per heavy atom. The molecule has 1 amide bonds. The number of H-pyrrole nitrogens is 1. The first-order valence-corrected chi connectivity index (χ1v) is 9.73. The van der Waals surface area contributed by atoms with Gasteiger partial charge in [0.1, 0.15) is 5.82 Å². The minimum Gasteiger partial charge on any atom is -0.348 e. The number of likely N-dealkylation sites (tertiary alicyclic amines) is 2. The SMILES string of the molecule is Cc1ccccc1[C@H]1[C@@H]2CN(Cc3ncc[nH]3)C[C@@H]2CN1C(=O)CN(C)C. The number of imidazole rings is 1. The van der Waals surface area contributed by atoms with Crippen LogP contribution >= 0.6 is 0 Å². The highest BCUT2D eigenvalue weighted by Crippen LogP contribution is 2.46. The molecule has 6 heteroatoms. The van der Waals surface area contributed by atoms with Crippen molar-refractivity contribution in [1.82, 2.24) is 24.7 Å². The maximum atomic E-state index is 13.0. The molecule has 1 aromatic heterocycles. The highest BCUT2D eigenvalue weighted by Gasteiger charge is 2.49. The van der Waals surface area contributed by atoms with Crippen LogP contribution in [0.2, 0.25) is 0 Å². The third-order valence-electron chi connectivity index (χ3n) is 5.95. The Morgan fingerprint density at radius 3 is 2.78 bits per heavy atom. The normalized spacial score (nSPS) is 25.3. The molecule has 2 aromatic rings. The number of fused-ring (bicyclic) bond motifs is 1. The van der Waals surface area contributed by atoms with Crippen molar-refractivity contribution in [2.45, 2.75) is 19.5 Å². The van der Waals surface area contributed by atoms with Crippen molar-refractivity contribution in [3.8, 4) is 0 Å². The number of hydrogen-bond acceptors (Lipinski definition) is 4. The largest absolute Gasteiger partial charge is 0.348 e. The zero-order valence-corrected chi connectivity index (χ0v) is 16.4. The van der Waals surface area contributed by atoms with Crippen LogP contribution in [0.25, 0.3) is 0 Å². The lowest BCUT2D eigenvalue weighted by molar-refractivity contribution is -0.133. The average molecular weight is 367 g/mol. The van der Waals surface area contributed by atoms with Crippen LogP contribution in [0.15, 0.2) is 36.7 Å². The van der Waals surface area contributed by atoms with Crippen LogP contribution in [0.3, 0.4) is 0 Å². The van der Waals surface area contributed by atoms with Gasteiger partial charge in [0.2, 0.25) is 5.91 Å². The smallest absolute Gasteiger partial charge is 0.237 e. The zero-order valence-electron chi connectivity index (χ0n) is 16.4. The molecule has 1 N–H and O–H groups in total. The summed E-state index contributed by atoms with van der Waals surface area (Å²) >= 11 is 0. The van der Waals surface area contributed by atoms with E-state index in [1.54, 1.807) is 0 Å². The number of nitrogens with zero attached hydrogens (tertiary/aromatic N) is 4. The third kappa shape index (κ3) is 3.64. The van der Waals surface area contributed by atoms with Crippen LogP contribution in [0.4, 0.5) is 0 Å². The molecule has 0 unspecified atom stereocenters. The summed E-state index contributed by atoms with van der Waals surface area (Å²) < 4.78 is 0. The lowest BCUT2D eigenvalue weighted by atomic mass is 9.87. The van der Waals surface area contributed by atoms with E-state index >= 15 is 0 Å². The van der Waals surface area contributed by atoms with Crippen LogP contribution in [0.5, 0.6) is 0 Å². The molecule has 0 spiro atoms. The lowest BCUT2D eigenvalue weighted by Gasteiger charge is -2.31. The standard InChI is InChI=1S/C21H29N5O/c1-15-6-4-5-7-17(15)21-18-12-25(13-19-22-8-9-23-19)10-16(18)11-26(21)20(27)14-24(2)3/h4-9,16,18,21H,10-14H2,1-3H3,(H,22,23)/t16-,18-,21+/m1/s1. The number of likely N-dealkylation sites (N-methyl/N-ethyl adjacent to an activating group) is 1. The molecule has 1 aromatic carbocycles. The molecular formula is C21H29N5O. The Labute approximate surface area is 161 Å². The van der Waals surface area contributed by atoms with E-state index in [1.165, 1.54) is 11.1 Å². The number of rotatable bonds is 5. The molecule has 0 aliphatic carbocycles. The lowest BCUT2D eigenvalue weighted by Crippen LogP contribution is -2.40. The van der Waals surface area contributed by atoms with E-state index in [9.17, 15) is 4.79 Å². The van der Waals surface area contributed by atoms with Gasteiger partial charge in [-0.25, -0.2) is 4.98 Å². The van der Waals surface area contributed by atoms with E-state index < -0.39 is 0 Å². The minimum atomic E-state index is 0.172. The number of carbonyl (C=O) groups is 1. The maximum absolute atomic E-state index is 13.0. The fourth-order valence-corrected chi connectivity index (χ4v) is 4.80. The van der Waals surface area contributed by atoms with Crippen LogP contribution in [0, 0.1) is 18.8 Å². The highest BCUT2D eigenvalue weighted by atomic mass is 16.2. The summed E-state index contributed by atoms with van der Waals surface area (Å²) in [7, 11) is 3.92. The Bertz CT molecular complexity index is 788. The van der Waals surface area contributed by atoms with Crippen molar-refractivity contribution in [1.29, 1.82) is 0 Å². The number of aryl methyl sites for hydroxylation is 1. The topological polar surface area (TPSA) is 55.5 Å². The fraction of sp³-hybridized carbons (Fsp3) is 0.524. The van der Waals surface area contributed by atoms with Gasteiger partial charge in [-0.15, -0.1) is 0 Å². The summed E-state index contributed by atoms with van der Waals surface area (Å²) in [6, 6.07) is 8.71. The predicted octanol–water partition coefficient (Wildman–Crippen LogP) is 1.91. The first-order valence-electron chi connectivity index (χ1n) is 9.73. The molecule has 0 bridgehead atoms. The number of amides is 1. The van der Waals surface area contributed by atoms with Crippen molar-refractivity contribution < 1.29 is 4.79 Å². The number of carbonyl (C=O) groups excluding carboxylic acids is 1. The second kappa shape index (κ2) is 7.44. The van der Waals surface area contributed by atoms with Gasteiger partial charge in [-0.3, -0.25) is 9.69 Å². The molecule has 0 radical (unpaired) electrons. The summed E-state index contributed by atoms with van der Waals surface area (Å²) in [5, 5.41) is 0. The minimum absolute atomic E-state index is 0.172. The van der Waals surface area contributed by atoms with Crippen LogP contribution in [0.1, 0.15) is 23.0 Å². The van der Waals surface area contributed by atoms with Gasteiger partial charge < -0.3 is 14.8 Å². The molecule has 144 valence electrons. The molecular weight excluding hydrogens is 338 g/mol. The molecule has 2 aliphatic heterocycles. The number of nitrogens with one attached hydrogen (secondary N) is 1. The van der Waals surface area contributed by atoms with Crippen molar-refractivity contribution in [3.63, 3.8) is 0 Å². The summed E-state index contributed by atoms with van der Waals surface area (Å²) in [6.45, 7) is 6.37. The molecule has 4 rings (SSSR count). The summed E-state index contributed by atoms with van der Waals surface area (Å²) in [5.41, 5.74) is 2.58. The van der Waals surface area contributed by atoms with Crippen LogP contribution in [-0.2, 0) is 11.3 Å². The highest BCUT2D eigenvalue weighted by molar-refractivity contribution is 5.79. The molecule has 2 fully saturated rings. The number of aromatic nitrogens is 2. The van der Waals surface area contributed by atoms with E-state index in [1.807, 2.05) is 31.4 Å². The molecule has 6 nitrogen and oxygen atoms in total. The fourth-order valence-electron chi connectivity index (χ4n) is 4.80. The van der Waals surface area contributed by atoms with E-state index in [0.29, 0.717) is 18.4 Å².